The molecule has 0 amide bonds. The minimum atomic E-state index is -0.0382. The Bertz CT molecular complexity index is 526. The quantitative estimate of drug-likeness (QED) is 0.647. The summed E-state index contributed by atoms with van der Waals surface area (Å²) in [7, 11) is 3.48. The van der Waals surface area contributed by atoms with Crippen molar-refractivity contribution >= 4 is 27.0 Å². The van der Waals surface area contributed by atoms with E-state index in [-0.39, 0.29) is 5.69 Å². The van der Waals surface area contributed by atoms with Gasteiger partial charge in [0.25, 0.3) is 0 Å². The van der Waals surface area contributed by atoms with Crippen LogP contribution in [0, 0.1) is 0 Å². The van der Waals surface area contributed by atoms with Crippen LogP contribution in [-0.2, 0) is 14.1 Å². The van der Waals surface area contributed by atoms with Gasteiger partial charge < -0.3 is 0 Å². The number of hydrogen-bond acceptors (Lipinski definition) is 2. The number of rotatable bonds is 0. The molecule has 5 heteroatoms. The van der Waals surface area contributed by atoms with Gasteiger partial charge in [-0.05, 0) is 22.0 Å². The number of aryl methyl sites for hydroxylation is 2. The van der Waals surface area contributed by atoms with Gasteiger partial charge in [-0.3, -0.25) is 9.13 Å². The van der Waals surface area contributed by atoms with Crippen LogP contribution < -0.4 is 5.69 Å². The maximum absolute atomic E-state index is 11.5. The Hall–Kier alpha value is -1.10. The van der Waals surface area contributed by atoms with Crippen LogP contribution in [0.15, 0.2) is 21.7 Å². The average Bonchev–Trinajstić information content (AvgIpc) is 2.33. The largest absolute Gasteiger partial charge is 0.328 e. The lowest BCUT2D eigenvalue weighted by molar-refractivity contribution is 0.794. The van der Waals surface area contributed by atoms with Crippen molar-refractivity contribution in [3.05, 3.63) is 27.4 Å². The third-order valence-electron chi connectivity index (χ3n) is 2.13. The van der Waals surface area contributed by atoms with Gasteiger partial charge in [0, 0.05) is 20.3 Å². The molecule has 0 N–H and O–H groups in total. The molecular formula is C8H8BrN3O. The van der Waals surface area contributed by atoms with E-state index in [2.05, 4.69) is 20.9 Å². The SMILES string of the molecule is Cn1c(=O)n(C)c2c(Br)nccc21. The van der Waals surface area contributed by atoms with Gasteiger partial charge in [-0.2, -0.15) is 0 Å². The van der Waals surface area contributed by atoms with Gasteiger partial charge in [0.1, 0.15) is 10.1 Å². The Morgan fingerprint density at radius 3 is 2.69 bits per heavy atom. The summed E-state index contributed by atoms with van der Waals surface area (Å²) in [4.78, 5) is 15.6. The lowest BCUT2D eigenvalue weighted by Crippen LogP contribution is -2.19. The number of aromatic nitrogens is 3. The minimum Gasteiger partial charge on any atom is -0.295 e. The van der Waals surface area contributed by atoms with Gasteiger partial charge in [-0.1, -0.05) is 0 Å². The van der Waals surface area contributed by atoms with Gasteiger partial charge >= 0.3 is 5.69 Å². The van der Waals surface area contributed by atoms with E-state index in [0.29, 0.717) is 4.60 Å². The molecule has 4 nitrogen and oxygen atoms in total. The van der Waals surface area contributed by atoms with Crippen molar-refractivity contribution in [2.24, 2.45) is 14.1 Å². The van der Waals surface area contributed by atoms with Crippen LogP contribution >= 0.6 is 15.9 Å². The van der Waals surface area contributed by atoms with Crippen LogP contribution in [0.2, 0.25) is 0 Å². The highest BCUT2D eigenvalue weighted by atomic mass is 79.9. The molecule has 2 rings (SSSR count). The van der Waals surface area contributed by atoms with Gasteiger partial charge in [-0.25, -0.2) is 9.78 Å². The Labute approximate surface area is 82.9 Å². The molecule has 0 saturated carbocycles. The zero-order chi connectivity index (χ0) is 9.59. The monoisotopic (exact) mass is 241 g/mol. The van der Waals surface area contributed by atoms with E-state index in [9.17, 15) is 4.79 Å². The number of nitrogens with zero attached hydrogens (tertiary/aromatic N) is 3. The second-order valence-corrected chi connectivity index (χ2v) is 3.62. The van der Waals surface area contributed by atoms with Crippen molar-refractivity contribution < 1.29 is 0 Å². The number of halogens is 1. The highest BCUT2D eigenvalue weighted by Gasteiger charge is 2.09. The van der Waals surface area contributed by atoms with Crippen molar-refractivity contribution in [1.29, 1.82) is 0 Å². The van der Waals surface area contributed by atoms with Gasteiger partial charge in [-0.15, -0.1) is 0 Å². The maximum atomic E-state index is 11.5. The van der Waals surface area contributed by atoms with Crippen LogP contribution in [0.4, 0.5) is 0 Å². The second kappa shape index (κ2) is 2.70. The topological polar surface area (TPSA) is 39.8 Å². The van der Waals surface area contributed by atoms with Crippen LogP contribution in [-0.4, -0.2) is 14.1 Å². The Kier molecular flexibility index (Phi) is 1.76. The third-order valence-corrected chi connectivity index (χ3v) is 2.71. The lowest BCUT2D eigenvalue weighted by atomic mass is 10.4. The molecule has 0 radical (unpaired) electrons. The molecule has 0 fully saturated rings. The standard InChI is InChI=1S/C8H8BrN3O/c1-11-5-3-4-10-7(9)6(5)12(2)8(11)13/h3-4H,1-2H3. The zero-order valence-corrected chi connectivity index (χ0v) is 8.87. The Morgan fingerprint density at radius 2 is 2.08 bits per heavy atom. The third kappa shape index (κ3) is 1.03. The first kappa shape index (κ1) is 8.50. The predicted molar refractivity (Wildman–Crippen MR) is 53.7 cm³/mol. The highest BCUT2D eigenvalue weighted by Crippen LogP contribution is 2.18. The Morgan fingerprint density at radius 1 is 1.38 bits per heavy atom. The summed E-state index contributed by atoms with van der Waals surface area (Å²) in [6.07, 6.45) is 1.67. The predicted octanol–water partition coefficient (Wildman–Crippen LogP) is 1.03. The van der Waals surface area contributed by atoms with Crippen LogP contribution in [0.5, 0.6) is 0 Å². The summed E-state index contributed by atoms with van der Waals surface area (Å²) in [5.41, 5.74) is 1.67. The van der Waals surface area contributed by atoms with Crippen LogP contribution in [0.25, 0.3) is 11.0 Å². The fourth-order valence-corrected chi connectivity index (χ4v) is 2.01. The number of pyridine rings is 1. The normalized spacial score (nSPS) is 11.0. The first-order chi connectivity index (χ1) is 6.13. The molecule has 0 aromatic carbocycles. The van der Waals surface area contributed by atoms with E-state index in [1.54, 1.807) is 29.4 Å². The summed E-state index contributed by atoms with van der Waals surface area (Å²) in [6.45, 7) is 0. The highest BCUT2D eigenvalue weighted by molar-refractivity contribution is 9.10. The molecule has 0 atom stereocenters. The lowest BCUT2D eigenvalue weighted by Gasteiger charge is -1.95. The molecule has 68 valence electrons. The van der Waals surface area contributed by atoms with E-state index >= 15 is 0 Å². The molecule has 2 aromatic rings. The molecule has 0 bridgehead atoms. The fourth-order valence-electron chi connectivity index (χ4n) is 1.42. The van der Waals surface area contributed by atoms with E-state index in [0.717, 1.165) is 11.0 Å². The molecule has 0 saturated heterocycles. The van der Waals surface area contributed by atoms with Crippen molar-refractivity contribution in [3.8, 4) is 0 Å². The molecule has 13 heavy (non-hydrogen) atoms. The first-order valence-electron chi connectivity index (χ1n) is 3.79. The van der Waals surface area contributed by atoms with Gasteiger partial charge in [0.2, 0.25) is 0 Å². The van der Waals surface area contributed by atoms with E-state index in [1.807, 2.05) is 6.07 Å². The minimum absolute atomic E-state index is 0.0382. The van der Waals surface area contributed by atoms with E-state index in [1.165, 1.54) is 0 Å². The molecule has 0 unspecified atom stereocenters. The maximum Gasteiger partial charge on any atom is 0.328 e. The van der Waals surface area contributed by atoms with Gasteiger partial charge in [0.05, 0.1) is 5.52 Å². The summed E-state index contributed by atoms with van der Waals surface area (Å²) < 4.78 is 3.87. The molecule has 2 heterocycles. The number of fused-ring (bicyclic) bond motifs is 1. The summed E-state index contributed by atoms with van der Waals surface area (Å²) >= 11 is 3.31. The molecular weight excluding hydrogens is 234 g/mol. The van der Waals surface area contributed by atoms with Crippen molar-refractivity contribution in [1.82, 2.24) is 14.1 Å². The second-order valence-electron chi connectivity index (χ2n) is 2.87. The van der Waals surface area contributed by atoms with Crippen molar-refractivity contribution in [2.45, 2.75) is 0 Å². The van der Waals surface area contributed by atoms with E-state index in [4.69, 9.17) is 0 Å². The van der Waals surface area contributed by atoms with E-state index < -0.39 is 0 Å². The molecule has 0 aliphatic carbocycles. The van der Waals surface area contributed by atoms with Crippen LogP contribution in [0.1, 0.15) is 0 Å². The molecule has 0 aliphatic heterocycles. The molecule has 0 aliphatic rings. The van der Waals surface area contributed by atoms with Gasteiger partial charge in [0.15, 0.2) is 0 Å². The number of hydrogen-bond donors (Lipinski definition) is 0. The number of imidazole rings is 1. The van der Waals surface area contributed by atoms with Crippen molar-refractivity contribution in [3.63, 3.8) is 0 Å². The smallest absolute Gasteiger partial charge is 0.295 e. The summed E-state index contributed by atoms with van der Waals surface area (Å²) in [6, 6.07) is 1.82. The fraction of sp³-hybridized carbons (Fsp3) is 0.250. The Balaban J connectivity index is 3.12. The average molecular weight is 242 g/mol. The zero-order valence-electron chi connectivity index (χ0n) is 7.28. The summed E-state index contributed by atoms with van der Waals surface area (Å²) in [5.74, 6) is 0. The molecule has 2 aromatic heterocycles. The van der Waals surface area contributed by atoms with Crippen molar-refractivity contribution in [2.75, 3.05) is 0 Å². The summed E-state index contributed by atoms with van der Waals surface area (Å²) in [5, 5.41) is 0. The van der Waals surface area contributed by atoms with Crippen LogP contribution in [0.3, 0.4) is 0 Å². The first-order valence-corrected chi connectivity index (χ1v) is 4.58. The molecule has 0 spiro atoms.